The number of amides is 1. The predicted octanol–water partition coefficient (Wildman–Crippen LogP) is 4.46. The molecule has 5 nitrogen and oxygen atoms in total. The number of rotatable bonds is 5. The Morgan fingerprint density at radius 2 is 1.76 bits per heavy atom. The number of halogens is 3. The second-order valence-corrected chi connectivity index (χ2v) is 6.58. The van der Waals surface area contributed by atoms with Crippen molar-refractivity contribution in [1.82, 2.24) is 10.3 Å². The monoisotopic (exact) mass is 400 g/mol. The molecule has 1 aromatic carbocycles. The number of carbonyl (C=O) groups excluding carboxylic acids is 2. The van der Waals surface area contributed by atoms with Gasteiger partial charge in [0.15, 0.2) is 6.10 Å². The van der Waals surface area contributed by atoms with Crippen LogP contribution in [0.1, 0.15) is 35.9 Å². The van der Waals surface area contributed by atoms with Crippen molar-refractivity contribution in [3.8, 4) is 0 Å². The maximum atomic E-state index is 12.2. The highest BCUT2D eigenvalue weighted by molar-refractivity contribution is 6.35. The number of nitrogens with one attached hydrogen (secondary N) is 1. The van der Waals surface area contributed by atoms with Gasteiger partial charge in [0, 0.05) is 21.3 Å². The average molecular weight is 402 g/mol. The van der Waals surface area contributed by atoms with Gasteiger partial charge < -0.3 is 10.1 Å². The molecule has 0 bridgehead atoms. The van der Waals surface area contributed by atoms with Crippen molar-refractivity contribution in [2.75, 3.05) is 0 Å². The number of hydrogen-bond acceptors (Lipinski definition) is 4. The smallest absolute Gasteiger partial charge is 0.357 e. The summed E-state index contributed by atoms with van der Waals surface area (Å²) in [5.74, 6) is -1.20. The Morgan fingerprint density at radius 3 is 2.40 bits per heavy atom. The van der Waals surface area contributed by atoms with E-state index in [0.717, 1.165) is 0 Å². The summed E-state index contributed by atoms with van der Waals surface area (Å²) in [6, 6.07) is 7.51. The van der Waals surface area contributed by atoms with Crippen LogP contribution in [0, 0.1) is 0 Å². The van der Waals surface area contributed by atoms with Crippen LogP contribution in [0.15, 0.2) is 36.5 Å². The summed E-state index contributed by atoms with van der Waals surface area (Å²) in [6.07, 6.45) is 0.371. The van der Waals surface area contributed by atoms with Gasteiger partial charge in [0.2, 0.25) is 0 Å². The Hall–Kier alpha value is -1.82. The minimum atomic E-state index is -1.01. The standard InChI is InChI=1S/C17H15Cl3N2O3/c1-9(13-4-3-11(18)7-14(13)20)22-16(23)10(2)25-17(24)15-8-12(19)5-6-21-15/h3-10H,1-2H3,(H,22,23)/t9-,10+/m0/s1. The molecule has 25 heavy (non-hydrogen) atoms. The Kier molecular flexibility index (Phi) is 6.64. The van der Waals surface area contributed by atoms with Crippen LogP contribution >= 0.6 is 34.8 Å². The molecule has 1 heterocycles. The lowest BCUT2D eigenvalue weighted by Crippen LogP contribution is -2.37. The van der Waals surface area contributed by atoms with Crippen molar-refractivity contribution in [2.24, 2.45) is 0 Å². The molecule has 0 spiro atoms. The third-order valence-corrected chi connectivity index (χ3v) is 4.17. The second-order valence-electron chi connectivity index (χ2n) is 5.30. The zero-order chi connectivity index (χ0) is 18.6. The Morgan fingerprint density at radius 1 is 1.08 bits per heavy atom. The lowest BCUT2D eigenvalue weighted by molar-refractivity contribution is -0.129. The van der Waals surface area contributed by atoms with Crippen molar-refractivity contribution in [2.45, 2.75) is 26.0 Å². The van der Waals surface area contributed by atoms with Crippen LogP contribution in [-0.2, 0) is 9.53 Å². The van der Waals surface area contributed by atoms with E-state index in [-0.39, 0.29) is 11.7 Å². The van der Waals surface area contributed by atoms with Crippen molar-refractivity contribution >= 4 is 46.7 Å². The molecule has 2 atom stereocenters. The summed E-state index contributed by atoms with van der Waals surface area (Å²) in [7, 11) is 0. The predicted molar refractivity (Wildman–Crippen MR) is 97.1 cm³/mol. The number of nitrogens with zero attached hydrogens (tertiary/aromatic N) is 1. The molecular weight excluding hydrogens is 387 g/mol. The van der Waals surface area contributed by atoms with Gasteiger partial charge in [-0.2, -0.15) is 0 Å². The molecule has 1 amide bonds. The van der Waals surface area contributed by atoms with Crippen LogP contribution in [-0.4, -0.2) is 23.0 Å². The van der Waals surface area contributed by atoms with Gasteiger partial charge in [-0.05, 0) is 43.7 Å². The molecule has 1 aromatic heterocycles. The van der Waals surface area contributed by atoms with Gasteiger partial charge in [-0.1, -0.05) is 40.9 Å². The fraction of sp³-hybridized carbons (Fsp3) is 0.235. The summed E-state index contributed by atoms with van der Waals surface area (Å²) in [4.78, 5) is 28.1. The highest BCUT2D eigenvalue weighted by Gasteiger charge is 2.22. The fourth-order valence-corrected chi connectivity index (χ4v) is 2.78. The van der Waals surface area contributed by atoms with Gasteiger partial charge in [0.1, 0.15) is 5.69 Å². The van der Waals surface area contributed by atoms with E-state index >= 15 is 0 Å². The molecule has 0 saturated heterocycles. The van der Waals surface area contributed by atoms with E-state index in [9.17, 15) is 9.59 Å². The SMILES string of the molecule is C[C@H](NC(=O)[C@@H](C)OC(=O)c1cc(Cl)ccn1)c1ccc(Cl)cc1Cl. The Labute approximate surface area is 160 Å². The first-order valence-electron chi connectivity index (χ1n) is 7.35. The van der Waals surface area contributed by atoms with Crippen molar-refractivity contribution in [1.29, 1.82) is 0 Å². The molecule has 0 aliphatic rings. The van der Waals surface area contributed by atoms with Crippen LogP contribution in [0.2, 0.25) is 15.1 Å². The van der Waals surface area contributed by atoms with E-state index in [4.69, 9.17) is 39.5 Å². The molecule has 0 unspecified atom stereocenters. The van der Waals surface area contributed by atoms with E-state index in [1.54, 1.807) is 25.1 Å². The fourth-order valence-electron chi connectivity index (χ4n) is 2.05. The van der Waals surface area contributed by atoms with Gasteiger partial charge in [0.05, 0.1) is 6.04 Å². The van der Waals surface area contributed by atoms with Gasteiger partial charge in [-0.3, -0.25) is 4.79 Å². The normalized spacial score (nSPS) is 13.0. The molecule has 2 rings (SSSR count). The van der Waals surface area contributed by atoms with E-state index < -0.39 is 18.0 Å². The van der Waals surface area contributed by atoms with Crippen molar-refractivity contribution in [3.05, 3.63) is 62.9 Å². The van der Waals surface area contributed by atoms with Crippen LogP contribution in [0.4, 0.5) is 0 Å². The molecule has 0 aliphatic heterocycles. The van der Waals surface area contributed by atoms with Crippen molar-refractivity contribution < 1.29 is 14.3 Å². The third-order valence-electron chi connectivity index (χ3n) is 3.37. The molecule has 0 radical (unpaired) electrons. The third kappa shape index (κ3) is 5.33. The number of benzene rings is 1. The minimum Gasteiger partial charge on any atom is -0.448 e. The number of aromatic nitrogens is 1. The summed E-state index contributed by atoms with van der Waals surface area (Å²) in [5, 5.41) is 4.03. The largest absolute Gasteiger partial charge is 0.448 e. The minimum absolute atomic E-state index is 0.0287. The van der Waals surface area contributed by atoms with Crippen LogP contribution in [0.3, 0.4) is 0 Å². The number of ether oxygens (including phenoxy) is 1. The zero-order valence-corrected chi connectivity index (χ0v) is 15.7. The van der Waals surface area contributed by atoms with E-state index in [1.165, 1.54) is 25.3 Å². The summed E-state index contributed by atoms with van der Waals surface area (Å²) < 4.78 is 5.11. The number of carbonyl (C=O) groups is 2. The van der Waals surface area contributed by atoms with Crippen LogP contribution < -0.4 is 5.32 Å². The maximum absolute atomic E-state index is 12.2. The highest BCUT2D eigenvalue weighted by Crippen LogP contribution is 2.26. The lowest BCUT2D eigenvalue weighted by atomic mass is 10.1. The second kappa shape index (κ2) is 8.52. The summed E-state index contributed by atoms with van der Waals surface area (Å²) >= 11 is 17.8. The van der Waals surface area contributed by atoms with Gasteiger partial charge in [0.25, 0.3) is 5.91 Å². The summed E-state index contributed by atoms with van der Waals surface area (Å²) in [6.45, 7) is 3.23. The van der Waals surface area contributed by atoms with E-state index in [1.807, 2.05) is 0 Å². The van der Waals surface area contributed by atoms with Gasteiger partial charge in [-0.25, -0.2) is 9.78 Å². The number of pyridine rings is 1. The molecule has 132 valence electrons. The Balaban J connectivity index is 1.98. The first-order valence-corrected chi connectivity index (χ1v) is 8.49. The first-order chi connectivity index (χ1) is 11.8. The molecule has 2 aromatic rings. The quantitative estimate of drug-likeness (QED) is 0.751. The zero-order valence-electron chi connectivity index (χ0n) is 13.4. The van der Waals surface area contributed by atoms with E-state index in [2.05, 4.69) is 10.3 Å². The van der Waals surface area contributed by atoms with E-state index in [0.29, 0.717) is 20.6 Å². The average Bonchev–Trinajstić information content (AvgIpc) is 2.54. The maximum Gasteiger partial charge on any atom is 0.357 e. The van der Waals surface area contributed by atoms with Crippen LogP contribution in [0.5, 0.6) is 0 Å². The molecular formula is C17H15Cl3N2O3. The molecule has 0 aliphatic carbocycles. The van der Waals surface area contributed by atoms with Crippen molar-refractivity contribution in [3.63, 3.8) is 0 Å². The highest BCUT2D eigenvalue weighted by atomic mass is 35.5. The topological polar surface area (TPSA) is 68.3 Å². The molecule has 1 N–H and O–H groups in total. The molecule has 0 saturated carbocycles. The molecule has 8 heteroatoms. The first kappa shape index (κ1) is 19.5. The molecule has 0 fully saturated rings. The van der Waals surface area contributed by atoms with Gasteiger partial charge in [-0.15, -0.1) is 0 Å². The van der Waals surface area contributed by atoms with Crippen LogP contribution in [0.25, 0.3) is 0 Å². The lowest BCUT2D eigenvalue weighted by Gasteiger charge is -2.19. The Bertz CT molecular complexity index is 798. The summed E-state index contributed by atoms with van der Waals surface area (Å²) in [5.41, 5.74) is 0.732. The number of esters is 1. The number of hydrogen-bond donors (Lipinski definition) is 1. The van der Waals surface area contributed by atoms with Gasteiger partial charge >= 0.3 is 5.97 Å².